The number of aldehydes is 2. The molecule has 11 heteroatoms. The first-order valence-electron chi connectivity index (χ1n) is 17.5. The lowest BCUT2D eigenvalue weighted by atomic mass is 9.83. The van der Waals surface area contributed by atoms with Crippen molar-refractivity contribution in [2.45, 2.75) is 94.7 Å². The fraction of sp³-hybridized carbons (Fsp3) is 0.474. The fourth-order valence-electron chi connectivity index (χ4n) is 6.85. The Balaban J connectivity index is 1.56. The van der Waals surface area contributed by atoms with Crippen LogP contribution in [0.1, 0.15) is 81.3 Å². The molecule has 4 rings (SSSR count). The lowest BCUT2D eigenvalue weighted by molar-refractivity contribution is -0.131. The number of fused-ring (bicyclic) bond motifs is 1. The minimum absolute atomic E-state index is 0.0309. The molecule has 5 unspecified atom stereocenters. The molecule has 0 amide bonds. The van der Waals surface area contributed by atoms with Crippen LogP contribution < -0.4 is 22.1 Å². The van der Waals surface area contributed by atoms with E-state index in [4.69, 9.17) is 16.6 Å². The van der Waals surface area contributed by atoms with Gasteiger partial charge in [0.25, 0.3) is 0 Å². The summed E-state index contributed by atoms with van der Waals surface area (Å²) in [5, 5.41) is 28.0. The Labute approximate surface area is 288 Å². The molecule has 264 valence electrons. The molecule has 0 saturated carbocycles. The second kappa shape index (κ2) is 19.5. The Bertz CT molecular complexity index is 1560. The highest BCUT2D eigenvalue weighted by Gasteiger charge is 2.28. The lowest BCUT2D eigenvalue weighted by Crippen LogP contribution is -2.48. The van der Waals surface area contributed by atoms with Crippen molar-refractivity contribution in [1.29, 1.82) is 0 Å². The zero-order chi connectivity index (χ0) is 35.0. The van der Waals surface area contributed by atoms with Crippen LogP contribution in [0.25, 0.3) is 10.8 Å². The molecule has 3 aromatic rings. The number of anilines is 1. The molecule has 1 aliphatic rings. The van der Waals surface area contributed by atoms with Gasteiger partial charge in [-0.25, -0.2) is 4.79 Å². The smallest absolute Gasteiger partial charge is 0.328 e. The van der Waals surface area contributed by atoms with Crippen molar-refractivity contribution in [1.82, 2.24) is 10.3 Å². The summed E-state index contributed by atoms with van der Waals surface area (Å²) in [6.07, 6.45) is 12.8. The summed E-state index contributed by atoms with van der Waals surface area (Å²) in [6.45, 7) is 0.593. The van der Waals surface area contributed by atoms with E-state index in [2.05, 4.69) is 44.9 Å². The quantitative estimate of drug-likeness (QED) is 0.0579. The molecular weight excluding hydrogens is 620 g/mol. The number of aliphatic hydroxyl groups is 1. The molecule has 2 aromatic carbocycles. The van der Waals surface area contributed by atoms with Crippen LogP contribution >= 0.6 is 0 Å². The highest BCUT2D eigenvalue weighted by atomic mass is 16.4. The van der Waals surface area contributed by atoms with Crippen LogP contribution in [0.3, 0.4) is 0 Å². The maximum Gasteiger partial charge on any atom is 0.328 e. The Morgan fingerprint density at radius 2 is 1.84 bits per heavy atom. The minimum atomic E-state index is -1.02. The predicted molar refractivity (Wildman–Crippen MR) is 195 cm³/mol. The third kappa shape index (κ3) is 11.9. The number of rotatable bonds is 22. The van der Waals surface area contributed by atoms with Gasteiger partial charge in [0.15, 0.2) is 5.96 Å². The van der Waals surface area contributed by atoms with Gasteiger partial charge in [0.05, 0.1) is 12.1 Å². The maximum atomic E-state index is 12.1. The van der Waals surface area contributed by atoms with E-state index in [0.717, 1.165) is 73.3 Å². The maximum absolute atomic E-state index is 12.1. The fourth-order valence-corrected chi connectivity index (χ4v) is 6.85. The number of nitrogens with zero attached hydrogens (tertiary/aromatic N) is 1. The highest BCUT2D eigenvalue weighted by molar-refractivity contribution is 5.85. The van der Waals surface area contributed by atoms with Gasteiger partial charge in [-0.05, 0) is 103 Å². The summed E-state index contributed by atoms with van der Waals surface area (Å²) in [6, 6.07) is 15.8. The van der Waals surface area contributed by atoms with Crippen LogP contribution in [0.2, 0.25) is 0 Å². The third-order valence-corrected chi connectivity index (χ3v) is 9.53. The minimum Gasteiger partial charge on any atom is -0.478 e. The number of hydrogen-bond donors (Lipinski definition) is 7. The number of aliphatic hydroxyl groups excluding tert-OH is 1. The van der Waals surface area contributed by atoms with Gasteiger partial charge in [0, 0.05) is 43.8 Å². The normalized spacial score (nSPS) is 17.4. The van der Waals surface area contributed by atoms with Crippen molar-refractivity contribution in [3.05, 3.63) is 77.5 Å². The van der Waals surface area contributed by atoms with Gasteiger partial charge < -0.3 is 46.9 Å². The van der Waals surface area contributed by atoms with E-state index in [0.29, 0.717) is 50.2 Å². The molecule has 0 radical (unpaired) electrons. The Hall–Kier alpha value is -4.48. The van der Waals surface area contributed by atoms with Gasteiger partial charge in [-0.15, -0.1) is 0 Å². The first-order valence-corrected chi connectivity index (χ1v) is 17.5. The van der Waals surface area contributed by atoms with E-state index in [1.165, 1.54) is 11.6 Å². The summed E-state index contributed by atoms with van der Waals surface area (Å²) in [4.78, 5) is 42.3. The number of carboxylic acids is 1. The molecule has 5 atom stereocenters. The number of aromatic nitrogens is 1. The van der Waals surface area contributed by atoms with E-state index in [9.17, 15) is 19.5 Å². The number of benzene rings is 2. The summed E-state index contributed by atoms with van der Waals surface area (Å²) < 4.78 is 0. The number of aromatic amines is 1. The van der Waals surface area contributed by atoms with E-state index >= 15 is 0 Å². The van der Waals surface area contributed by atoms with Crippen LogP contribution in [-0.4, -0.2) is 71.0 Å². The molecular formula is C38H52N6O5. The largest absolute Gasteiger partial charge is 0.478 e. The van der Waals surface area contributed by atoms with Crippen LogP contribution in [0.15, 0.2) is 71.4 Å². The summed E-state index contributed by atoms with van der Waals surface area (Å²) in [5.74, 6) is 0.157. The second-order valence-corrected chi connectivity index (χ2v) is 13.1. The van der Waals surface area contributed by atoms with Crippen molar-refractivity contribution in [2.24, 2.45) is 22.4 Å². The zero-order valence-corrected chi connectivity index (χ0v) is 28.2. The van der Waals surface area contributed by atoms with Crippen LogP contribution in [0, 0.1) is 5.92 Å². The van der Waals surface area contributed by atoms with Gasteiger partial charge in [-0.2, -0.15) is 0 Å². The zero-order valence-electron chi connectivity index (χ0n) is 28.2. The first kappa shape index (κ1) is 37.3. The van der Waals surface area contributed by atoms with Gasteiger partial charge in [0.1, 0.15) is 18.4 Å². The number of guanidine groups is 1. The average molecular weight is 673 g/mol. The van der Waals surface area contributed by atoms with E-state index in [-0.39, 0.29) is 36.6 Å². The summed E-state index contributed by atoms with van der Waals surface area (Å²) in [7, 11) is 0. The SMILES string of the molecule is NC1=NCCC(C(=CC(=O)O)C(CCC(CCCC(N)CCC(C=O)CCCO)c2ccc3ccc(CC=O)cc3c2)Nc2ccc[nH]2)N1. The molecule has 0 aliphatic carbocycles. The molecule has 0 bridgehead atoms. The van der Waals surface area contributed by atoms with Crippen LogP contribution in [0.5, 0.6) is 0 Å². The van der Waals surface area contributed by atoms with Crippen molar-refractivity contribution in [3.8, 4) is 0 Å². The Morgan fingerprint density at radius 3 is 2.55 bits per heavy atom. The molecule has 49 heavy (non-hydrogen) atoms. The molecule has 0 saturated heterocycles. The number of hydrogen-bond acceptors (Lipinski definition) is 9. The molecule has 11 nitrogen and oxygen atoms in total. The van der Waals surface area contributed by atoms with Crippen molar-refractivity contribution < 1.29 is 24.6 Å². The number of carbonyl (C=O) groups is 3. The van der Waals surface area contributed by atoms with Crippen molar-refractivity contribution in [3.63, 3.8) is 0 Å². The van der Waals surface area contributed by atoms with E-state index in [1.807, 2.05) is 30.5 Å². The van der Waals surface area contributed by atoms with Gasteiger partial charge >= 0.3 is 5.97 Å². The van der Waals surface area contributed by atoms with E-state index < -0.39 is 5.97 Å². The van der Waals surface area contributed by atoms with Gasteiger partial charge in [-0.3, -0.25) is 4.99 Å². The van der Waals surface area contributed by atoms with Gasteiger partial charge in [-0.1, -0.05) is 42.8 Å². The lowest BCUT2D eigenvalue weighted by Gasteiger charge is -2.32. The summed E-state index contributed by atoms with van der Waals surface area (Å²) in [5.41, 5.74) is 15.4. The number of nitrogens with one attached hydrogen (secondary N) is 3. The van der Waals surface area contributed by atoms with Crippen molar-refractivity contribution in [2.75, 3.05) is 18.5 Å². The molecule has 9 N–H and O–H groups in total. The molecule has 2 heterocycles. The first-order chi connectivity index (χ1) is 23.8. The number of nitrogens with two attached hydrogens (primary N) is 2. The average Bonchev–Trinajstić information content (AvgIpc) is 3.61. The second-order valence-electron chi connectivity index (χ2n) is 13.1. The molecule has 0 fully saturated rings. The third-order valence-electron chi connectivity index (χ3n) is 9.53. The molecule has 1 aliphatic heterocycles. The monoisotopic (exact) mass is 672 g/mol. The Morgan fingerprint density at radius 1 is 1.00 bits per heavy atom. The number of aliphatic carboxylic acids is 1. The number of aliphatic imine (C=N–C) groups is 1. The van der Waals surface area contributed by atoms with Crippen molar-refractivity contribution >= 4 is 41.1 Å². The topological polar surface area (TPSA) is 196 Å². The van der Waals surface area contributed by atoms with Crippen LogP contribution in [0.4, 0.5) is 5.82 Å². The number of H-pyrrole nitrogens is 1. The number of carbonyl (C=O) groups excluding carboxylic acids is 2. The predicted octanol–water partition coefficient (Wildman–Crippen LogP) is 4.81. The van der Waals surface area contributed by atoms with Crippen LogP contribution in [-0.2, 0) is 20.8 Å². The highest BCUT2D eigenvalue weighted by Crippen LogP contribution is 2.33. The summed E-state index contributed by atoms with van der Waals surface area (Å²) >= 11 is 0. The standard InChI is InChI=1S/C38H52N6O5/c39-32(14-9-27(25-47)4-3-20-45)6-1-5-28(30-12-11-29-10-8-26(17-21-46)22-31(29)23-30)13-15-34(43-36-7-2-18-41-36)33(24-37(48)49)35-16-19-42-38(40)44-35/h2,7-8,10-12,18,21-25,27-28,32,34-35,41,43,45H,1,3-6,9,13-17,19-20,39H2,(H,48,49)(H3,40,42,44). The number of carboxylic acid groups (broad SMARTS) is 1. The molecule has 1 aromatic heterocycles. The van der Waals surface area contributed by atoms with Gasteiger partial charge in [0.2, 0.25) is 0 Å². The Kier molecular flexibility index (Phi) is 14.9. The van der Waals surface area contributed by atoms with E-state index in [1.54, 1.807) is 0 Å². The molecule has 0 spiro atoms.